The first-order valence-electron chi connectivity index (χ1n) is 7.06. The third-order valence-corrected chi connectivity index (χ3v) is 4.29. The van der Waals surface area contributed by atoms with Crippen molar-refractivity contribution >= 4 is 15.9 Å². The van der Waals surface area contributed by atoms with Crippen LogP contribution in [0, 0.1) is 6.92 Å². The highest BCUT2D eigenvalue weighted by Crippen LogP contribution is 2.34. The van der Waals surface area contributed by atoms with Crippen LogP contribution in [0.2, 0.25) is 0 Å². The maximum absolute atomic E-state index is 5.76. The van der Waals surface area contributed by atoms with Gasteiger partial charge < -0.3 is 9.47 Å². The molecule has 0 radical (unpaired) electrons. The molecule has 112 valence electrons. The van der Waals surface area contributed by atoms with Crippen LogP contribution < -0.4 is 9.47 Å². The normalized spacial score (nSPS) is 12.3. The molecule has 0 heterocycles. The SMILES string of the molecule is COc1ccc(C(Br)c2cccc(OC(C)C)c2)cc1C. The number of aryl methyl sites for hydroxylation is 1. The van der Waals surface area contributed by atoms with Gasteiger partial charge in [0.15, 0.2) is 0 Å². The van der Waals surface area contributed by atoms with Crippen LogP contribution in [-0.2, 0) is 0 Å². The molecular weight excluding hydrogens is 328 g/mol. The summed E-state index contributed by atoms with van der Waals surface area (Å²) in [6.07, 6.45) is 0.178. The number of ether oxygens (including phenoxy) is 2. The van der Waals surface area contributed by atoms with Gasteiger partial charge in [0.25, 0.3) is 0 Å². The fraction of sp³-hybridized carbons (Fsp3) is 0.333. The zero-order valence-electron chi connectivity index (χ0n) is 12.9. The number of hydrogen-bond donors (Lipinski definition) is 0. The molecule has 0 aliphatic rings. The second kappa shape index (κ2) is 6.99. The second-order valence-corrected chi connectivity index (χ2v) is 6.25. The first-order chi connectivity index (χ1) is 10.0. The van der Waals surface area contributed by atoms with E-state index in [4.69, 9.17) is 9.47 Å². The third-order valence-electron chi connectivity index (χ3n) is 3.23. The van der Waals surface area contributed by atoms with Gasteiger partial charge >= 0.3 is 0 Å². The zero-order chi connectivity index (χ0) is 15.4. The Labute approximate surface area is 135 Å². The summed E-state index contributed by atoms with van der Waals surface area (Å²) in [5.74, 6) is 1.81. The van der Waals surface area contributed by atoms with Gasteiger partial charge in [-0.25, -0.2) is 0 Å². The standard InChI is InChI=1S/C18H21BrO2/c1-12(2)21-16-7-5-6-14(11-16)18(19)15-8-9-17(20-4)13(3)10-15/h5-12,18H,1-4H3. The lowest BCUT2D eigenvalue weighted by atomic mass is 10.0. The van der Waals surface area contributed by atoms with Crippen LogP contribution in [0.3, 0.4) is 0 Å². The fourth-order valence-corrected chi connectivity index (χ4v) is 2.84. The molecule has 1 unspecified atom stereocenters. The smallest absolute Gasteiger partial charge is 0.121 e. The maximum atomic E-state index is 5.76. The van der Waals surface area contributed by atoms with E-state index in [0.29, 0.717) is 0 Å². The molecule has 0 saturated carbocycles. The molecule has 0 bridgehead atoms. The van der Waals surface area contributed by atoms with Crippen molar-refractivity contribution in [3.63, 3.8) is 0 Å². The van der Waals surface area contributed by atoms with Gasteiger partial charge in [-0.3, -0.25) is 0 Å². The van der Waals surface area contributed by atoms with Crippen LogP contribution in [0.1, 0.15) is 35.4 Å². The minimum absolute atomic E-state index is 0.137. The van der Waals surface area contributed by atoms with Crippen molar-refractivity contribution in [2.45, 2.75) is 31.7 Å². The largest absolute Gasteiger partial charge is 0.496 e. The van der Waals surface area contributed by atoms with Crippen LogP contribution in [0.15, 0.2) is 42.5 Å². The lowest BCUT2D eigenvalue weighted by molar-refractivity contribution is 0.242. The Bertz CT molecular complexity index is 608. The summed E-state index contributed by atoms with van der Waals surface area (Å²) in [6, 6.07) is 14.4. The van der Waals surface area contributed by atoms with Gasteiger partial charge in [-0.2, -0.15) is 0 Å². The minimum Gasteiger partial charge on any atom is -0.496 e. The van der Waals surface area contributed by atoms with E-state index >= 15 is 0 Å². The highest BCUT2D eigenvalue weighted by atomic mass is 79.9. The lowest BCUT2D eigenvalue weighted by Gasteiger charge is -2.15. The van der Waals surface area contributed by atoms with Gasteiger partial charge in [-0.1, -0.05) is 40.2 Å². The van der Waals surface area contributed by atoms with Gasteiger partial charge in [0.1, 0.15) is 11.5 Å². The van der Waals surface area contributed by atoms with Crippen molar-refractivity contribution in [2.24, 2.45) is 0 Å². The average molecular weight is 349 g/mol. The Morgan fingerprint density at radius 1 is 1.00 bits per heavy atom. The van der Waals surface area contributed by atoms with Crippen molar-refractivity contribution in [3.8, 4) is 11.5 Å². The van der Waals surface area contributed by atoms with Crippen molar-refractivity contribution in [1.82, 2.24) is 0 Å². The molecular formula is C18H21BrO2. The summed E-state index contributed by atoms with van der Waals surface area (Å²) in [5, 5.41) is 0. The van der Waals surface area contributed by atoms with E-state index in [1.807, 2.05) is 32.0 Å². The molecule has 0 spiro atoms. The predicted molar refractivity (Wildman–Crippen MR) is 90.7 cm³/mol. The Balaban J connectivity index is 2.27. The molecule has 2 rings (SSSR count). The first-order valence-corrected chi connectivity index (χ1v) is 7.98. The van der Waals surface area contributed by atoms with E-state index in [0.717, 1.165) is 17.1 Å². The molecule has 2 nitrogen and oxygen atoms in total. The molecule has 0 saturated heterocycles. The van der Waals surface area contributed by atoms with Gasteiger partial charge in [-0.05, 0) is 55.7 Å². The Morgan fingerprint density at radius 3 is 2.33 bits per heavy atom. The molecule has 2 aromatic rings. The number of benzene rings is 2. The van der Waals surface area contributed by atoms with E-state index in [-0.39, 0.29) is 10.9 Å². The summed E-state index contributed by atoms with van der Waals surface area (Å²) in [7, 11) is 1.69. The molecule has 0 aromatic heterocycles. The molecule has 0 amide bonds. The summed E-state index contributed by atoms with van der Waals surface area (Å²) < 4.78 is 11.1. The molecule has 21 heavy (non-hydrogen) atoms. The molecule has 3 heteroatoms. The van der Waals surface area contributed by atoms with E-state index in [9.17, 15) is 0 Å². The zero-order valence-corrected chi connectivity index (χ0v) is 14.5. The molecule has 0 aliphatic carbocycles. The van der Waals surface area contributed by atoms with Crippen molar-refractivity contribution < 1.29 is 9.47 Å². The van der Waals surface area contributed by atoms with Crippen LogP contribution >= 0.6 is 15.9 Å². The fourth-order valence-electron chi connectivity index (χ4n) is 2.27. The van der Waals surface area contributed by atoms with Gasteiger partial charge in [-0.15, -0.1) is 0 Å². The Hall–Kier alpha value is -1.48. The van der Waals surface area contributed by atoms with Crippen molar-refractivity contribution in [1.29, 1.82) is 0 Å². The molecule has 0 fully saturated rings. The molecule has 0 N–H and O–H groups in total. The van der Waals surface area contributed by atoms with Crippen LogP contribution in [0.25, 0.3) is 0 Å². The Morgan fingerprint density at radius 2 is 1.71 bits per heavy atom. The van der Waals surface area contributed by atoms with Crippen molar-refractivity contribution in [3.05, 3.63) is 59.2 Å². The number of alkyl halides is 1. The lowest BCUT2D eigenvalue weighted by Crippen LogP contribution is -2.06. The monoisotopic (exact) mass is 348 g/mol. The molecule has 2 aromatic carbocycles. The van der Waals surface area contributed by atoms with E-state index < -0.39 is 0 Å². The molecule has 0 aliphatic heterocycles. The summed E-state index contributed by atoms with van der Waals surface area (Å²) in [6.45, 7) is 6.12. The van der Waals surface area contributed by atoms with Crippen LogP contribution in [0.4, 0.5) is 0 Å². The van der Waals surface area contributed by atoms with Crippen LogP contribution in [-0.4, -0.2) is 13.2 Å². The van der Waals surface area contributed by atoms with E-state index in [1.165, 1.54) is 11.1 Å². The summed E-state index contributed by atoms with van der Waals surface area (Å²) in [5.41, 5.74) is 3.52. The first kappa shape index (κ1) is 15.9. The van der Waals surface area contributed by atoms with Gasteiger partial charge in [0, 0.05) is 0 Å². The van der Waals surface area contributed by atoms with Crippen molar-refractivity contribution in [2.75, 3.05) is 7.11 Å². The second-order valence-electron chi connectivity index (χ2n) is 5.33. The minimum atomic E-state index is 0.137. The highest BCUT2D eigenvalue weighted by molar-refractivity contribution is 9.09. The highest BCUT2D eigenvalue weighted by Gasteiger charge is 2.13. The van der Waals surface area contributed by atoms with E-state index in [2.05, 4.69) is 47.1 Å². The number of rotatable bonds is 5. The average Bonchev–Trinajstić information content (AvgIpc) is 2.46. The Kier molecular flexibility index (Phi) is 5.29. The maximum Gasteiger partial charge on any atom is 0.121 e. The number of halogens is 1. The topological polar surface area (TPSA) is 18.5 Å². The summed E-state index contributed by atoms with van der Waals surface area (Å²) >= 11 is 3.78. The van der Waals surface area contributed by atoms with E-state index in [1.54, 1.807) is 7.11 Å². The summed E-state index contributed by atoms with van der Waals surface area (Å²) in [4.78, 5) is 0.137. The van der Waals surface area contributed by atoms with Crippen LogP contribution in [0.5, 0.6) is 11.5 Å². The number of hydrogen-bond acceptors (Lipinski definition) is 2. The van der Waals surface area contributed by atoms with Gasteiger partial charge in [0.2, 0.25) is 0 Å². The predicted octanol–water partition coefficient (Wildman–Crippen LogP) is 5.28. The quantitative estimate of drug-likeness (QED) is 0.684. The third kappa shape index (κ3) is 4.01. The number of methoxy groups -OCH3 is 1. The van der Waals surface area contributed by atoms with Gasteiger partial charge in [0.05, 0.1) is 18.0 Å². The molecule has 1 atom stereocenters.